The molecule has 0 atom stereocenters. The summed E-state index contributed by atoms with van der Waals surface area (Å²) in [5, 5.41) is 6.27. The van der Waals surface area contributed by atoms with Gasteiger partial charge in [-0.2, -0.15) is 0 Å². The number of pyridine rings is 1. The van der Waals surface area contributed by atoms with Gasteiger partial charge in [-0.3, -0.25) is 9.59 Å². The van der Waals surface area contributed by atoms with Crippen molar-refractivity contribution in [3.8, 4) is 11.5 Å². The summed E-state index contributed by atoms with van der Waals surface area (Å²) in [6, 6.07) is 16.6. The molecule has 0 radical (unpaired) electrons. The Bertz CT molecular complexity index is 1210. The summed E-state index contributed by atoms with van der Waals surface area (Å²) in [6.07, 6.45) is 5.34. The molecule has 0 bridgehead atoms. The minimum Gasteiger partial charge on any atom is -0.454 e. The lowest BCUT2D eigenvalue weighted by Crippen LogP contribution is -2.29. The number of aromatic nitrogens is 1. The number of hydrogen-bond donors (Lipinski definition) is 2. The maximum absolute atomic E-state index is 13.0. The van der Waals surface area contributed by atoms with Gasteiger partial charge in [0.25, 0.3) is 5.91 Å². The van der Waals surface area contributed by atoms with Crippen LogP contribution in [-0.2, 0) is 4.79 Å². The number of carbonyl (C=O) groups is 2. The number of carbonyl (C=O) groups excluding carboxylic acids is 2. The van der Waals surface area contributed by atoms with Crippen molar-refractivity contribution in [1.82, 2.24) is 4.98 Å². The van der Waals surface area contributed by atoms with Gasteiger partial charge in [-0.15, -0.1) is 0 Å². The molecule has 2 aromatic carbocycles. The van der Waals surface area contributed by atoms with E-state index in [1.54, 1.807) is 36.5 Å². The van der Waals surface area contributed by atoms with Gasteiger partial charge in [0.15, 0.2) is 11.5 Å². The summed E-state index contributed by atoms with van der Waals surface area (Å²) in [6.45, 7) is 2.32. The molecule has 0 unspecified atom stereocenters. The number of thioether (sulfide) groups is 1. The first kappa shape index (κ1) is 23.0. The number of nitrogens with one attached hydrogen (secondary N) is 2. The Kier molecular flexibility index (Phi) is 7.04. The van der Waals surface area contributed by atoms with Crippen LogP contribution >= 0.6 is 11.8 Å². The molecule has 1 aromatic heterocycles. The average Bonchev–Trinajstić information content (AvgIpc) is 3.37. The van der Waals surface area contributed by atoms with E-state index >= 15 is 0 Å². The summed E-state index contributed by atoms with van der Waals surface area (Å²) >= 11 is 1.21. The van der Waals surface area contributed by atoms with Crippen LogP contribution < -0.4 is 25.0 Å². The maximum Gasteiger partial charge on any atom is 0.258 e. The number of hydrogen-bond acceptors (Lipinski definition) is 7. The zero-order valence-corrected chi connectivity index (χ0v) is 20.0. The zero-order chi connectivity index (χ0) is 24.0. The van der Waals surface area contributed by atoms with Crippen molar-refractivity contribution in [1.29, 1.82) is 0 Å². The zero-order valence-electron chi connectivity index (χ0n) is 19.2. The molecule has 3 heterocycles. The lowest BCUT2D eigenvalue weighted by molar-refractivity contribution is -0.113. The quantitative estimate of drug-likeness (QED) is 0.460. The molecule has 0 spiro atoms. The number of ether oxygens (including phenoxy) is 2. The first-order chi connectivity index (χ1) is 17.2. The Morgan fingerprint density at radius 1 is 0.914 bits per heavy atom. The fraction of sp³-hybridized carbons (Fsp3) is 0.269. The van der Waals surface area contributed by atoms with Crippen molar-refractivity contribution < 1.29 is 19.1 Å². The van der Waals surface area contributed by atoms with E-state index in [9.17, 15) is 9.59 Å². The van der Waals surface area contributed by atoms with E-state index in [-0.39, 0.29) is 24.4 Å². The van der Waals surface area contributed by atoms with Crippen LogP contribution in [-0.4, -0.2) is 42.4 Å². The fourth-order valence-corrected chi connectivity index (χ4v) is 4.88. The smallest absolute Gasteiger partial charge is 0.258 e. The molecule has 0 saturated carbocycles. The lowest BCUT2D eigenvalue weighted by Gasteiger charge is -2.28. The predicted molar refractivity (Wildman–Crippen MR) is 137 cm³/mol. The molecule has 2 aliphatic rings. The molecule has 0 aliphatic carbocycles. The van der Waals surface area contributed by atoms with Crippen molar-refractivity contribution in [3.63, 3.8) is 0 Å². The minimum atomic E-state index is -0.262. The van der Waals surface area contributed by atoms with Crippen LogP contribution in [0.3, 0.4) is 0 Å². The van der Waals surface area contributed by atoms with E-state index in [1.165, 1.54) is 36.7 Å². The topological polar surface area (TPSA) is 92.8 Å². The summed E-state index contributed by atoms with van der Waals surface area (Å²) in [5.41, 5.74) is 2.94. The number of fused-ring (bicyclic) bond motifs is 1. The van der Waals surface area contributed by atoms with Crippen molar-refractivity contribution >= 4 is 40.6 Å². The van der Waals surface area contributed by atoms with Gasteiger partial charge in [0.1, 0.15) is 5.03 Å². The van der Waals surface area contributed by atoms with Gasteiger partial charge >= 0.3 is 0 Å². The van der Waals surface area contributed by atoms with Gasteiger partial charge < -0.3 is 25.0 Å². The Hall–Kier alpha value is -3.72. The highest BCUT2D eigenvalue weighted by atomic mass is 32.2. The Morgan fingerprint density at radius 2 is 1.69 bits per heavy atom. The van der Waals surface area contributed by atoms with E-state index in [0.717, 1.165) is 18.8 Å². The molecule has 9 heteroatoms. The SMILES string of the molecule is O=C(CSc1ncccc1C(=O)Nc1ccc(N2CCCCC2)cc1)Nc1ccc2c(c1)OCO2. The molecule has 1 fully saturated rings. The summed E-state index contributed by atoms with van der Waals surface area (Å²) in [5.74, 6) is 0.892. The molecule has 2 N–H and O–H groups in total. The minimum absolute atomic E-state index is 0.107. The number of rotatable bonds is 7. The van der Waals surface area contributed by atoms with Crippen LogP contribution in [0.25, 0.3) is 0 Å². The maximum atomic E-state index is 13.0. The van der Waals surface area contributed by atoms with E-state index in [2.05, 4.69) is 20.5 Å². The second kappa shape index (κ2) is 10.7. The number of piperidine rings is 1. The Labute approximate surface area is 208 Å². The normalized spacial score (nSPS) is 14.5. The predicted octanol–water partition coefficient (Wildman–Crippen LogP) is 4.78. The fourth-order valence-electron chi connectivity index (χ4n) is 4.09. The number of anilines is 3. The molecule has 2 aliphatic heterocycles. The molecule has 3 aromatic rings. The van der Waals surface area contributed by atoms with Crippen LogP contribution in [0, 0.1) is 0 Å². The monoisotopic (exact) mass is 490 g/mol. The third kappa shape index (κ3) is 5.68. The Balaban J connectivity index is 1.18. The van der Waals surface area contributed by atoms with E-state index in [0.29, 0.717) is 27.8 Å². The third-order valence-electron chi connectivity index (χ3n) is 5.86. The van der Waals surface area contributed by atoms with Crippen molar-refractivity contribution in [2.75, 3.05) is 41.2 Å². The van der Waals surface area contributed by atoms with Gasteiger partial charge in [-0.05, 0) is 67.8 Å². The first-order valence-electron chi connectivity index (χ1n) is 11.6. The molecule has 2 amide bonds. The second-order valence-electron chi connectivity index (χ2n) is 8.31. The molecular weight excluding hydrogens is 464 g/mol. The van der Waals surface area contributed by atoms with Crippen LogP contribution in [0.1, 0.15) is 29.6 Å². The van der Waals surface area contributed by atoms with Crippen LogP contribution in [0.5, 0.6) is 11.5 Å². The highest BCUT2D eigenvalue weighted by Gasteiger charge is 2.17. The molecule has 5 rings (SSSR count). The van der Waals surface area contributed by atoms with Gasteiger partial charge in [-0.1, -0.05) is 11.8 Å². The Morgan fingerprint density at radius 3 is 2.51 bits per heavy atom. The summed E-state index contributed by atoms with van der Waals surface area (Å²) in [4.78, 5) is 32.1. The molecule has 8 nitrogen and oxygen atoms in total. The van der Waals surface area contributed by atoms with E-state index in [4.69, 9.17) is 9.47 Å². The van der Waals surface area contributed by atoms with Gasteiger partial charge in [0.2, 0.25) is 12.7 Å². The highest BCUT2D eigenvalue weighted by molar-refractivity contribution is 8.00. The van der Waals surface area contributed by atoms with Gasteiger partial charge in [0.05, 0.1) is 11.3 Å². The van der Waals surface area contributed by atoms with Crippen LogP contribution in [0.4, 0.5) is 17.1 Å². The van der Waals surface area contributed by atoms with E-state index < -0.39 is 0 Å². The van der Waals surface area contributed by atoms with Crippen molar-refractivity contribution in [2.45, 2.75) is 24.3 Å². The third-order valence-corrected chi connectivity index (χ3v) is 6.86. The lowest BCUT2D eigenvalue weighted by atomic mass is 10.1. The van der Waals surface area contributed by atoms with Crippen molar-refractivity contribution in [2.24, 2.45) is 0 Å². The number of nitrogens with zero attached hydrogens (tertiary/aromatic N) is 2. The standard InChI is InChI=1S/C26H26N4O4S/c31-24(28-19-8-11-22-23(15-19)34-17-33-22)16-35-26-21(5-4-12-27-26)25(32)29-18-6-9-20(10-7-18)30-13-2-1-3-14-30/h4-12,15H,1-3,13-14,16-17H2,(H,28,31)(H,29,32). The highest BCUT2D eigenvalue weighted by Crippen LogP contribution is 2.34. The first-order valence-corrected chi connectivity index (χ1v) is 12.6. The van der Waals surface area contributed by atoms with Crippen LogP contribution in [0.2, 0.25) is 0 Å². The summed E-state index contributed by atoms with van der Waals surface area (Å²) < 4.78 is 10.6. The van der Waals surface area contributed by atoms with Crippen molar-refractivity contribution in [3.05, 3.63) is 66.4 Å². The number of benzene rings is 2. The van der Waals surface area contributed by atoms with Gasteiger partial charge in [-0.25, -0.2) is 4.98 Å². The number of amides is 2. The second-order valence-corrected chi connectivity index (χ2v) is 9.27. The molecular formula is C26H26N4O4S. The van der Waals surface area contributed by atoms with E-state index in [1.807, 2.05) is 24.3 Å². The molecule has 1 saturated heterocycles. The molecule has 180 valence electrons. The largest absolute Gasteiger partial charge is 0.454 e. The average molecular weight is 491 g/mol. The van der Waals surface area contributed by atoms with Gasteiger partial charge in [0, 0.05) is 42.4 Å². The van der Waals surface area contributed by atoms with Crippen LogP contribution in [0.15, 0.2) is 65.8 Å². The molecule has 35 heavy (non-hydrogen) atoms. The summed E-state index contributed by atoms with van der Waals surface area (Å²) in [7, 11) is 0.